The quantitative estimate of drug-likeness (QED) is 0.748. The third kappa shape index (κ3) is 4.08. The molecule has 25 heavy (non-hydrogen) atoms. The molecule has 0 unspecified atom stereocenters. The van der Waals surface area contributed by atoms with Crippen molar-refractivity contribution in [3.8, 4) is 11.8 Å². The molecule has 0 spiro atoms. The summed E-state index contributed by atoms with van der Waals surface area (Å²) in [6.45, 7) is 1.77. The van der Waals surface area contributed by atoms with Gasteiger partial charge in [-0.25, -0.2) is 0 Å². The Hall–Kier alpha value is -1.76. The topological polar surface area (TPSA) is 101 Å². The summed E-state index contributed by atoms with van der Waals surface area (Å²) in [4.78, 5) is 25.0. The molecule has 2 N–H and O–H groups in total. The predicted octanol–water partition coefficient (Wildman–Crippen LogP) is 1.94. The number of hydrogen-bond acceptors (Lipinski definition) is 8. The van der Waals surface area contributed by atoms with E-state index in [4.69, 9.17) is 19.3 Å². The van der Waals surface area contributed by atoms with Crippen LogP contribution in [-0.4, -0.2) is 58.4 Å². The second-order valence-electron chi connectivity index (χ2n) is 6.12. The number of rotatable bonds is 6. The maximum absolute atomic E-state index is 9.08. The molecule has 0 saturated carbocycles. The zero-order valence-electron chi connectivity index (χ0n) is 14.4. The first kappa shape index (κ1) is 18.0. The highest BCUT2D eigenvalue weighted by Gasteiger charge is 2.22. The highest BCUT2D eigenvalue weighted by atomic mass is 31.2. The maximum Gasteiger partial charge on any atom is 0.246 e. The first-order valence-corrected chi connectivity index (χ1v) is 9.70. The number of hydrogen-bond donors (Lipinski definition) is 2. The SMILES string of the molecule is COc1nncc2cc(N3CCC(CCP(O)O)CC3)nc(OC)c12. The minimum atomic E-state index is -1.78. The molecule has 0 atom stereocenters. The number of piperidine rings is 1. The summed E-state index contributed by atoms with van der Waals surface area (Å²) in [5.74, 6) is 2.27. The molecule has 0 radical (unpaired) electrons. The molecule has 1 aliphatic rings. The van der Waals surface area contributed by atoms with E-state index in [1.807, 2.05) is 6.07 Å². The first-order valence-electron chi connectivity index (χ1n) is 8.27. The summed E-state index contributed by atoms with van der Waals surface area (Å²) in [6, 6.07) is 1.98. The molecule has 2 aromatic heterocycles. The standard InChI is InChI=1S/C16H23N4O4P/c1-23-15-14-12(10-17-19-16(14)24-2)9-13(18-15)20-6-3-11(4-7-20)5-8-25(21)22/h9-11,21-22H,3-8H2,1-2H3. The lowest BCUT2D eigenvalue weighted by Gasteiger charge is -2.33. The van der Waals surface area contributed by atoms with Crippen LogP contribution in [0.1, 0.15) is 19.3 Å². The Bertz CT molecular complexity index is 723. The van der Waals surface area contributed by atoms with Crippen LogP contribution < -0.4 is 14.4 Å². The van der Waals surface area contributed by atoms with Crippen molar-refractivity contribution in [1.29, 1.82) is 0 Å². The zero-order valence-corrected chi connectivity index (χ0v) is 15.3. The molecule has 8 nitrogen and oxygen atoms in total. The van der Waals surface area contributed by atoms with Gasteiger partial charge in [-0.2, -0.15) is 10.1 Å². The van der Waals surface area contributed by atoms with Gasteiger partial charge in [0.25, 0.3) is 0 Å². The number of aromatic nitrogens is 3. The Morgan fingerprint density at radius 3 is 2.56 bits per heavy atom. The van der Waals surface area contributed by atoms with Crippen molar-refractivity contribution in [3.05, 3.63) is 12.3 Å². The lowest BCUT2D eigenvalue weighted by molar-refractivity contribution is 0.378. The molecule has 3 rings (SSSR count). The first-order chi connectivity index (χ1) is 12.1. The summed E-state index contributed by atoms with van der Waals surface area (Å²) in [6.07, 6.45) is 5.09. The number of ether oxygens (including phenoxy) is 2. The van der Waals surface area contributed by atoms with Crippen LogP contribution in [0, 0.1) is 5.92 Å². The average molecular weight is 366 g/mol. The molecule has 0 aromatic carbocycles. The Morgan fingerprint density at radius 2 is 1.92 bits per heavy atom. The van der Waals surface area contributed by atoms with Gasteiger partial charge in [-0.1, -0.05) is 0 Å². The monoisotopic (exact) mass is 366 g/mol. The second-order valence-corrected chi connectivity index (χ2v) is 7.31. The predicted molar refractivity (Wildman–Crippen MR) is 96.2 cm³/mol. The molecule has 2 aromatic rings. The van der Waals surface area contributed by atoms with E-state index in [1.54, 1.807) is 20.4 Å². The Kier molecular flexibility index (Phi) is 5.83. The summed E-state index contributed by atoms with van der Waals surface area (Å²) in [7, 11) is 1.35. The van der Waals surface area contributed by atoms with E-state index in [-0.39, 0.29) is 0 Å². The molecular weight excluding hydrogens is 343 g/mol. The molecular formula is C16H23N4O4P. The molecule has 0 amide bonds. The highest BCUT2D eigenvalue weighted by Crippen LogP contribution is 2.35. The molecule has 9 heteroatoms. The largest absolute Gasteiger partial charge is 0.480 e. The Labute approximate surface area is 147 Å². The Balaban J connectivity index is 1.79. The summed E-state index contributed by atoms with van der Waals surface area (Å²) < 4.78 is 10.7. The van der Waals surface area contributed by atoms with Crippen molar-refractivity contribution in [2.75, 3.05) is 38.4 Å². The van der Waals surface area contributed by atoms with Crippen LogP contribution >= 0.6 is 8.38 Å². The number of fused-ring (bicyclic) bond motifs is 1. The lowest BCUT2D eigenvalue weighted by atomic mass is 9.94. The number of methoxy groups -OCH3 is 2. The van der Waals surface area contributed by atoms with Gasteiger partial charge in [-0.3, -0.25) is 0 Å². The van der Waals surface area contributed by atoms with E-state index < -0.39 is 8.38 Å². The van der Waals surface area contributed by atoms with Gasteiger partial charge in [0.1, 0.15) is 11.2 Å². The van der Waals surface area contributed by atoms with Crippen molar-refractivity contribution in [2.24, 2.45) is 5.92 Å². The van der Waals surface area contributed by atoms with Crippen LogP contribution in [0.2, 0.25) is 0 Å². The Morgan fingerprint density at radius 1 is 1.20 bits per heavy atom. The summed E-state index contributed by atoms with van der Waals surface area (Å²) >= 11 is 0. The van der Waals surface area contributed by atoms with Gasteiger partial charge < -0.3 is 24.2 Å². The molecule has 3 heterocycles. The molecule has 1 saturated heterocycles. The van der Waals surface area contributed by atoms with E-state index in [9.17, 15) is 0 Å². The lowest BCUT2D eigenvalue weighted by Crippen LogP contribution is -2.34. The van der Waals surface area contributed by atoms with Crippen LogP contribution in [0.3, 0.4) is 0 Å². The van der Waals surface area contributed by atoms with E-state index >= 15 is 0 Å². The van der Waals surface area contributed by atoms with Gasteiger partial charge in [0, 0.05) is 24.6 Å². The van der Waals surface area contributed by atoms with E-state index in [1.165, 1.54) is 0 Å². The third-order valence-electron chi connectivity index (χ3n) is 4.63. The fourth-order valence-electron chi connectivity index (χ4n) is 3.24. The van der Waals surface area contributed by atoms with E-state index in [0.717, 1.165) is 48.9 Å². The number of pyridine rings is 1. The second kappa shape index (κ2) is 8.08. The van der Waals surface area contributed by atoms with Crippen molar-refractivity contribution in [1.82, 2.24) is 15.2 Å². The van der Waals surface area contributed by atoms with E-state index in [2.05, 4.69) is 20.1 Å². The average Bonchev–Trinajstić information content (AvgIpc) is 2.65. The minimum absolute atomic E-state index is 0.400. The van der Waals surface area contributed by atoms with Gasteiger partial charge in [-0.05, 0) is 31.2 Å². The number of nitrogens with zero attached hydrogens (tertiary/aromatic N) is 4. The fourth-order valence-corrected chi connectivity index (χ4v) is 3.83. The smallest absolute Gasteiger partial charge is 0.246 e. The van der Waals surface area contributed by atoms with Gasteiger partial charge in [0.05, 0.1) is 20.4 Å². The van der Waals surface area contributed by atoms with Gasteiger partial charge in [-0.15, -0.1) is 5.10 Å². The maximum atomic E-state index is 9.08. The normalized spacial score (nSPS) is 15.8. The number of anilines is 1. The van der Waals surface area contributed by atoms with Crippen molar-refractivity contribution >= 4 is 25.0 Å². The van der Waals surface area contributed by atoms with Crippen LogP contribution in [0.4, 0.5) is 5.82 Å². The van der Waals surface area contributed by atoms with Crippen LogP contribution in [0.15, 0.2) is 12.3 Å². The molecule has 1 aliphatic heterocycles. The zero-order chi connectivity index (χ0) is 17.8. The molecule has 0 bridgehead atoms. The molecule has 136 valence electrons. The van der Waals surface area contributed by atoms with Crippen molar-refractivity contribution < 1.29 is 19.3 Å². The van der Waals surface area contributed by atoms with Gasteiger partial charge >= 0.3 is 0 Å². The molecule has 1 fully saturated rings. The van der Waals surface area contributed by atoms with Crippen LogP contribution in [-0.2, 0) is 0 Å². The van der Waals surface area contributed by atoms with Gasteiger partial charge in [0.15, 0.2) is 8.38 Å². The third-order valence-corrected chi connectivity index (χ3v) is 5.28. The summed E-state index contributed by atoms with van der Waals surface area (Å²) in [5.41, 5.74) is 0. The van der Waals surface area contributed by atoms with Crippen LogP contribution in [0.25, 0.3) is 10.8 Å². The van der Waals surface area contributed by atoms with E-state index in [0.29, 0.717) is 23.8 Å². The minimum Gasteiger partial charge on any atom is -0.480 e. The van der Waals surface area contributed by atoms with Crippen molar-refractivity contribution in [2.45, 2.75) is 19.3 Å². The van der Waals surface area contributed by atoms with Crippen LogP contribution in [0.5, 0.6) is 11.8 Å². The van der Waals surface area contributed by atoms with Gasteiger partial charge in [0.2, 0.25) is 11.8 Å². The fraction of sp³-hybridized carbons (Fsp3) is 0.562. The van der Waals surface area contributed by atoms with Crippen molar-refractivity contribution in [3.63, 3.8) is 0 Å². The molecule has 0 aliphatic carbocycles. The summed E-state index contributed by atoms with van der Waals surface area (Å²) in [5, 5.41) is 9.55. The highest BCUT2D eigenvalue weighted by molar-refractivity contribution is 7.45.